The summed E-state index contributed by atoms with van der Waals surface area (Å²) in [5.74, 6) is -0.313. The number of pyridine rings is 1. The highest BCUT2D eigenvalue weighted by Crippen LogP contribution is 2.34. The van der Waals surface area contributed by atoms with Gasteiger partial charge in [-0.1, -0.05) is 30.3 Å². The van der Waals surface area contributed by atoms with Gasteiger partial charge in [-0.15, -0.1) is 0 Å². The summed E-state index contributed by atoms with van der Waals surface area (Å²) in [4.78, 5) is 31.1. The minimum atomic E-state index is -0.273. The van der Waals surface area contributed by atoms with Gasteiger partial charge in [-0.05, 0) is 36.6 Å². The van der Waals surface area contributed by atoms with Crippen LogP contribution in [0.4, 0.5) is 4.79 Å². The molecule has 2 N–H and O–H groups in total. The van der Waals surface area contributed by atoms with Crippen molar-refractivity contribution in [3.05, 3.63) is 65.5 Å². The molecule has 6 heteroatoms. The molecule has 2 aromatic rings. The molecule has 0 aliphatic carbocycles. The summed E-state index contributed by atoms with van der Waals surface area (Å²) in [6.07, 6.45) is 3.45. The Kier molecular flexibility index (Phi) is 6.06. The number of aryl methyl sites for hydroxylation is 1. The molecule has 1 aromatic heterocycles. The van der Waals surface area contributed by atoms with Gasteiger partial charge in [0.1, 0.15) is 0 Å². The topological polar surface area (TPSA) is 74.3 Å². The Morgan fingerprint density at radius 3 is 2.67 bits per heavy atom. The molecule has 0 spiro atoms. The second-order valence-electron chi connectivity index (χ2n) is 6.89. The molecular formula is C21H26N4O2. The summed E-state index contributed by atoms with van der Waals surface area (Å²) in [6, 6.07) is 11.8. The molecule has 2 atom stereocenters. The lowest BCUT2D eigenvalue weighted by Crippen LogP contribution is -2.39. The van der Waals surface area contributed by atoms with Crippen LogP contribution in [0.2, 0.25) is 0 Å². The zero-order valence-electron chi connectivity index (χ0n) is 15.8. The first-order valence-electron chi connectivity index (χ1n) is 9.35. The third-order valence-electron chi connectivity index (χ3n) is 5.05. The normalized spacial score (nSPS) is 19.0. The number of carbonyl (C=O) groups excluding carboxylic acids is 2. The second-order valence-corrected chi connectivity index (χ2v) is 6.89. The molecule has 1 saturated heterocycles. The Hall–Kier alpha value is -2.89. The number of benzene rings is 1. The fourth-order valence-electron chi connectivity index (χ4n) is 3.64. The number of hydrogen-bond acceptors (Lipinski definition) is 3. The van der Waals surface area contributed by atoms with Crippen LogP contribution in [0.3, 0.4) is 0 Å². The molecule has 1 aliphatic rings. The maximum atomic E-state index is 12.9. The van der Waals surface area contributed by atoms with Gasteiger partial charge in [0, 0.05) is 44.5 Å². The van der Waals surface area contributed by atoms with Gasteiger partial charge in [-0.2, -0.15) is 0 Å². The molecule has 0 radical (unpaired) electrons. The molecule has 27 heavy (non-hydrogen) atoms. The van der Waals surface area contributed by atoms with Crippen molar-refractivity contribution in [3.8, 4) is 0 Å². The van der Waals surface area contributed by atoms with E-state index >= 15 is 0 Å². The molecule has 1 fully saturated rings. The third kappa shape index (κ3) is 4.45. The lowest BCUT2D eigenvalue weighted by atomic mass is 9.86. The van der Waals surface area contributed by atoms with Gasteiger partial charge in [-0.3, -0.25) is 9.78 Å². The van der Waals surface area contributed by atoms with E-state index in [4.69, 9.17) is 0 Å². The summed E-state index contributed by atoms with van der Waals surface area (Å²) in [6.45, 7) is 5.91. The molecule has 142 valence electrons. The van der Waals surface area contributed by atoms with Crippen LogP contribution in [0.15, 0.2) is 48.8 Å². The molecular weight excluding hydrogens is 340 g/mol. The smallest absolute Gasteiger partial charge is 0.317 e. The van der Waals surface area contributed by atoms with Crippen molar-refractivity contribution in [2.24, 2.45) is 5.92 Å². The zero-order valence-corrected chi connectivity index (χ0v) is 15.8. The summed E-state index contributed by atoms with van der Waals surface area (Å²) < 4.78 is 0. The summed E-state index contributed by atoms with van der Waals surface area (Å²) >= 11 is 0. The van der Waals surface area contributed by atoms with Gasteiger partial charge in [-0.25, -0.2) is 4.79 Å². The van der Waals surface area contributed by atoms with Gasteiger partial charge in [0.2, 0.25) is 5.91 Å². The molecule has 0 saturated carbocycles. The van der Waals surface area contributed by atoms with Gasteiger partial charge >= 0.3 is 6.03 Å². The standard InChI is InChI=1S/C21H26N4O2/c1-3-23-21(27)25-13-18(17-9-5-4-7-15(17)2)19(14-25)20(26)24-12-16-8-6-10-22-11-16/h4-11,18-19H,3,12-14H2,1-2H3,(H,23,27)(H,24,26). The number of amides is 3. The zero-order chi connectivity index (χ0) is 19.2. The van der Waals surface area contributed by atoms with Crippen molar-refractivity contribution in [1.29, 1.82) is 0 Å². The lowest BCUT2D eigenvalue weighted by molar-refractivity contribution is -0.125. The first-order valence-corrected chi connectivity index (χ1v) is 9.35. The van der Waals surface area contributed by atoms with E-state index in [1.807, 2.05) is 31.2 Å². The van der Waals surface area contributed by atoms with E-state index in [0.29, 0.717) is 26.2 Å². The Labute approximate surface area is 160 Å². The number of nitrogens with zero attached hydrogens (tertiary/aromatic N) is 2. The van der Waals surface area contributed by atoms with E-state index in [1.54, 1.807) is 17.3 Å². The Balaban J connectivity index is 1.77. The van der Waals surface area contributed by atoms with Gasteiger partial charge < -0.3 is 15.5 Å². The Bertz CT molecular complexity index is 794. The largest absolute Gasteiger partial charge is 0.352 e. The minimum Gasteiger partial charge on any atom is -0.352 e. The van der Waals surface area contributed by atoms with E-state index < -0.39 is 0 Å². The van der Waals surface area contributed by atoms with Crippen LogP contribution in [0, 0.1) is 12.8 Å². The minimum absolute atomic E-state index is 0.0114. The number of likely N-dealkylation sites (tertiary alicyclic amines) is 1. The highest BCUT2D eigenvalue weighted by Gasteiger charge is 2.40. The quantitative estimate of drug-likeness (QED) is 0.854. The van der Waals surface area contributed by atoms with E-state index in [0.717, 1.165) is 16.7 Å². The average Bonchev–Trinajstić information content (AvgIpc) is 3.13. The Morgan fingerprint density at radius 1 is 1.15 bits per heavy atom. The average molecular weight is 366 g/mol. The number of aromatic nitrogens is 1. The highest BCUT2D eigenvalue weighted by molar-refractivity contribution is 5.83. The van der Waals surface area contributed by atoms with Crippen LogP contribution in [-0.4, -0.2) is 41.5 Å². The van der Waals surface area contributed by atoms with E-state index in [-0.39, 0.29) is 23.8 Å². The molecule has 6 nitrogen and oxygen atoms in total. The van der Waals surface area contributed by atoms with Crippen LogP contribution in [-0.2, 0) is 11.3 Å². The van der Waals surface area contributed by atoms with Crippen molar-refractivity contribution in [3.63, 3.8) is 0 Å². The summed E-state index contributed by atoms with van der Waals surface area (Å²) in [5, 5.41) is 5.85. The molecule has 2 heterocycles. The van der Waals surface area contributed by atoms with E-state index in [2.05, 4.69) is 34.7 Å². The maximum absolute atomic E-state index is 12.9. The number of urea groups is 1. The van der Waals surface area contributed by atoms with Crippen LogP contribution in [0.5, 0.6) is 0 Å². The van der Waals surface area contributed by atoms with Crippen molar-refractivity contribution < 1.29 is 9.59 Å². The van der Waals surface area contributed by atoms with Gasteiger partial charge in [0.05, 0.1) is 5.92 Å². The number of hydrogen-bond donors (Lipinski definition) is 2. The van der Waals surface area contributed by atoms with Gasteiger partial charge in [0.25, 0.3) is 0 Å². The first-order chi connectivity index (χ1) is 13.1. The Morgan fingerprint density at radius 2 is 1.96 bits per heavy atom. The molecule has 3 rings (SSSR count). The fraction of sp³-hybridized carbons (Fsp3) is 0.381. The number of nitrogens with one attached hydrogen (secondary N) is 2. The van der Waals surface area contributed by atoms with Crippen LogP contribution >= 0.6 is 0 Å². The second kappa shape index (κ2) is 8.66. The third-order valence-corrected chi connectivity index (χ3v) is 5.05. The molecule has 3 amide bonds. The molecule has 1 aromatic carbocycles. The molecule has 0 bridgehead atoms. The number of carbonyl (C=O) groups is 2. The monoisotopic (exact) mass is 366 g/mol. The number of rotatable bonds is 5. The van der Waals surface area contributed by atoms with Crippen molar-refractivity contribution >= 4 is 11.9 Å². The van der Waals surface area contributed by atoms with Crippen LogP contribution in [0.25, 0.3) is 0 Å². The lowest BCUT2D eigenvalue weighted by Gasteiger charge is -2.20. The SMILES string of the molecule is CCNC(=O)N1CC(C(=O)NCc2cccnc2)C(c2ccccc2C)C1. The van der Waals surface area contributed by atoms with Crippen LogP contribution < -0.4 is 10.6 Å². The van der Waals surface area contributed by atoms with Crippen LogP contribution in [0.1, 0.15) is 29.5 Å². The van der Waals surface area contributed by atoms with Crippen molar-refractivity contribution in [1.82, 2.24) is 20.5 Å². The predicted octanol–water partition coefficient (Wildman–Crippen LogP) is 2.45. The van der Waals surface area contributed by atoms with E-state index in [9.17, 15) is 9.59 Å². The highest BCUT2D eigenvalue weighted by atomic mass is 16.2. The summed E-state index contributed by atoms with van der Waals surface area (Å²) in [5.41, 5.74) is 3.23. The first kappa shape index (κ1) is 18.9. The maximum Gasteiger partial charge on any atom is 0.317 e. The summed E-state index contributed by atoms with van der Waals surface area (Å²) in [7, 11) is 0. The van der Waals surface area contributed by atoms with Crippen molar-refractivity contribution in [2.75, 3.05) is 19.6 Å². The predicted molar refractivity (Wildman–Crippen MR) is 104 cm³/mol. The molecule has 1 aliphatic heterocycles. The fourth-order valence-corrected chi connectivity index (χ4v) is 3.64. The van der Waals surface area contributed by atoms with Crippen molar-refractivity contribution in [2.45, 2.75) is 26.3 Å². The molecule has 2 unspecified atom stereocenters. The van der Waals surface area contributed by atoms with E-state index in [1.165, 1.54) is 0 Å². The van der Waals surface area contributed by atoms with Gasteiger partial charge in [0.15, 0.2) is 0 Å².